The fourth-order valence-electron chi connectivity index (χ4n) is 0.899. The lowest BCUT2D eigenvalue weighted by molar-refractivity contribution is -0.144. The molecule has 1 aromatic rings. The third-order valence-corrected chi connectivity index (χ3v) is 3.03. The second kappa shape index (κ2) is 3.25. The van der Waals surface area contributed by atoms with Crippen LogP contribution in [0.5, 0.6) is 0 Å². The van der Waals surface area contributed by atoms with Crippen LogP contribution in [0.4, 0.5) is 0 Å². The monoisotopic (exact) mass is 185 g/mol. The van der Waals surface area contributed by atoms with Gasteiger partial charge in [-0.2, -0.15) is 0 Å². The number of thiophene rings is 1. The normalized spacial score (nSPS) is 15.5. The molecule has 0 fully saturated rings. The summed E-state index contributed by atoms with van der Waals surface area (Å²) in [5.41, 5.74) is -0.950. The van der Waals surface area contributed by atoms with E-state index in [0.29, 0.717) is 0 Å². The van der Waals surface area contributed by atoms with Crippen molar-refractivity contribution in [3.8, 4) is 0 Å². The van der Waals surface area contributed by atoms with Gasteiger partial charge < -0.3 is 10.4 Å². The third-order valence-electron chi connectivity index (χ3n) is 1.94. The number of aliphatic carboxylic acids is 1. The minimum absolute atomic E-state index is 0.817. The van der Waals surface area contributed by atoms with E-state index < -0.39 is 11.5 Å². The van der Waals surface area contributed by atoms with E-state index in [1.54, 1.807) is 14.0 Å². The van der Waals surface area contributed by atoms with Crippen LogP contribution in [-0.4, -0.2) is 18.1 Å². The predicted molar refractivity (Wildman–Crippen MR) is 48.4 cm³/mol. The molecule has 1 atom stereocenters. The lowest BCUT2D eigenvalue weighted by atomic mass is 10.0. The highest BCUT2D eigenvalue weighted by atomic mass is 32.1. The molecule has 1 aromatic heterocycles. The van der Waals surface area contributed by atoms with Crippen LogP contribution in [0.15, 0.2) is 17.5 Å². The number of carbonyl (C=O) groups is 1. The number of likely N-dealkylation sites (N-methyl/N-ethyl adjacent to an activating group) is 1. The van der Waals surface area contributed by atoms with E-state index in [1.165, 1.54) is 11.3 Å². The molecule has 0 radical (unpaired) electrons. The maximum Gasteiger partial charge on any atom is 0.329 e. The lowest BCUT2D eigenvalue weighted by Crippen LogP contribution is -2.43. The maximum atomic E-state index is 10.9. The molecule has 0 aliphatic carbocycles. The third kappa shape index (κ3) is 1.35. The van der Waals surface area contributed by atoms with Crippen molar-refractivity contribution in [2.45, 2.75) is 12.5 Å². The van der Waals surface area contributed by atoms with E-state index >= 15 is 0 Å². The number of nitrogens with one attached hydrogen (secondary N) is 1. The summed E-state index contributed by atoms with van der Waals surface area (Å²) in [6.07, 6.45) is 0. The molecule has 0 aliphatic rings. The van der Waals surface area contributed by atoms with Gasteiger partial charge in [0, 0.05) is 4.88 Å². The summed E-state index contributed by atoms with van der Waals surface area (Å²) in [6.45, 7) is 1.65. The molecular weight excluding hydrogens is 174 g/mol. The molecule has 0 aromatic carbocycles. The largest absolute Gasteiger partial charge is 0.480 e. The molecule has 3 nitrogen and oxygen atoms in total. The van der Waals surface area contributed by atoms with Crippen LogP contribution in [0.2, 0.25) is 0 Å². The fraction of sp³-hybridized carbons (Fsp3) is 0.375. The summed E-state index contributed by atoms with van der Waals surface area (Å²) in [5, 5.41) is 13.6. The Kier molecular flexibility index (Phi) is 2.49. The molecular formula is C8H11NO2S. The molecule has 0 aliphatic heterocycles. The summed E-state index contributed by atoms with van der Waals surface area (Å²) in [7, 11) is 1.65. The van der Waals surface area contributed by atoms with Gasteiger partial charge in [0.25, 0.3) is 0 Å². The molecule has 0 spiro atoms. The number of carboxylic acid groups (broad SMARTS) is 1. The van der Waals surface area contributed by atoms with Crippen LogP contribution in [0.1, 0.15) is 11.8 Å². The first-order valence-electron chi connectivity index (χ1n) is 3.57. The summed E-state index contributed by atoms with van der Waals surface area (Å²) in [4.78, 5) is 11.7. The van der Waals surface area contributed by atoms with Gasteiger partial charge in [0.05, 0.1) is 0 Å². The van der Waals surface area contributed by atoms with Gasteiger partial charge in [-0.1, -0.05) is 6.07 Å². The Morgan fingerprint density at radius 3 is 2.75 bits per heavy atom. The van der Waals surface area contributed by atoms with Gasteiger partial charge in [0.1, 0.15) is 5.54 Å². The predicted octanol–water partition coefficient (Wildman–Crippen LogP) is 1.27. The Labute approximate surface area is 75.0 Å². The molecule has 0 amide bonds. The number of rotatable bonds is 3. The topological polar surface area (TPSA) is 49.3 Å². The highest BCUT2D eigenvalue weighted by Crippen LogP contribution is 2.24. The quantitative estimate of drug-likeness (QED) is 0.745. The summed E-state index contributed by atoms with van der Waals surface area (Å²) >= 11 is 1.44. The first-order valence-corrected chi connectivity index (χ1v) is 4.45. The minimum atomic E-state index is -0.950. The zero-order valence-corrected chi connectivity index (χ0v) is 7.81. The molecule has 2 N–H and O–H groups in total. The zero-order valence-electron chi connectivity index (χ0n) is 7.00. The second-order valence-corrected chi connectivity index (χ2v) is 3.61. The van der Waals surface area contributed by atoms with Crippen LogP contribution in [0.3, 0.4) is 0 Å². The van der Waals surface area contributed by atoms with Crippen molar-refractivity contribution in [2.75, 3.05) is 7.05 Å². The van der Waals surface area contributed by atoms with Crippen molar-refractivity contribution < 1.29 is 9.90 Å². The van der Waals surface area contributed by atoms with Crippen molar-refractivity contribution in [1.82, 2.24) is 5.32 Å². The standard InChI is InChI=1S/C8H11NO2S/c1-8(9-2,7(10)11)6-4-3-5-12-6/h3-5,9H,1-2H3,(H,10,11)/t8-/m1/s1. The molecule has 66 valence electrons. The molecule has 0 saturated carbocycles. The molecule has 1 heterocycles. The van der Waals surface area contributed by atoms with Crippen molar-refractivity contribution >= 4 is 17.3 Å². The van der Waals surface area contributed by atoms with E-state index in [2.05, 4.69) is 5.32 Å². The molecule has 1 rings (SSSR count). The number of hydrogen-bond donors (Lipinski definition) is 2. The first kappa shape index (κ1) is 9.22. The van der Waals surface area contributed by atoms with E-state index in [-0.39, 0.29) is 0 Å². The van der Waals surface area contributed by atoms with E-state index in [0.717, 1.165) is 4.88 Å². The smallest absolute Gasteiger partial charge is 0.329 e. The Balaban J connectivity index is 3.04. The Bertz CT molecular complexity index is 271. The van der Waals surface area contributed by atoms with Crippen molar-refractivity contribution in [3.05, 3.63) is 22.4 Å². The van der Waals surface area contributed by atoms with Crippen LogP contribution in [0.25, 0.3) is 0 Å². The number of carboxylic acids is 1. The maximum absolute atomic E-state index is 10.9. The van der Waals surface area contributed by atoms with Gasteiger partial charge in [0.2, 0.25) is 0 Å². The van der Waals surface area contributed by atoms with Crippen LogP contribution in [-0.2, 0) is 10.3 Å². The van der Waals surface area contributed by atoms with Gasteiger partial charge >= 0.3 is 5.97 Å². The Hall–Kier alpha value is -0.870. The first-order chi connectivity index (χ1) is 5.61. The lowest BCUT2D eigenvalue weighted by Gasteiger charge is -2.22. The molecule has 4 heteroatoms. The number of hydrogen-bond acceptors (Lipinski definition) is 3. The van der Waals surface area contributed by atoms with Crippen LogP contribution < -0.4 is 5.32 Å². The SMILES string of the molecule is CN[C@@](C)(C(=O)O)c1cccs1. The minimum Gasteiger partial charge on any atom is -0.480 e. The van der Waals surface area contributed by atoms with Gasteiger partial charge in [-0.3, -0.25) is 0 Å². The van der Waals surface area contributed by atoms with Gasteiger partial charge in [-0.25, -0.2) is 4.79 Å². The Morgan fingerprint density at radius 2 is 2.42 bits per heavy atom. The summed E-state index contributed by atoms with van der Waals surface area (Å²) in [5.74, 6) is -0.854. The van der Waals surface area contributed by atoms with E-state index in [1.807, 2.05) is 17.5 Å². The summed E-state index contributed by atoms with van der Waals surface area (Å²) in [6, 6.07) is 3.66. The van der Waals surface area contributed by atoms with Crippen molar-refractivity contribution in [3.63, 3.8) is 0 Å². The van der Waals surface area contributed by atoms with Crippen LogP contribution >= 0.6 is 11.3 Å². The summed E-state index contributed by atoms with van der Waals surface area (Å²) < 4.78 is 0. The molecule has 0 bridgehead atoms. The van der Waals surface area contributed by atoms with Gasteiger partial charge in [-0.05, 0) is 25.4 Å². The van der Waals surface area contributed by atoms with Crippen molar-refractivity contribution in [2.24, 2.45) is 0 Å². The van der Waals surface area contributed by atoms with Gasteiger partial charge in [-0.15, -0.1) is 11.3 Å². The van der Waals surface area contributed by atoms with Crippen molar-refractivity contribution in [1.29, 1.82) is 0 Å². The highest BCUT2D eigenvalue weighted by Gasteiger charge is 2.33. The highest BCUT2D eigenvalue weighted by molar-refractivity contribution is 7.10. The zero-order chi connectivity index (χ0) is 9.19. The fourth-order valence-corrected chi connectivity index (χ4v) is 1.78. The average molecular weight is 185 g/mol. The van der Waals surface area contributed by atoms with E-state index in [4.69, 9.17) is 5.11 Å². The van der Waals surface area contributed by atoms with Crippen LogP contribution in [0, 0.1) is 0 Å². The molecule has 12 heavy (non-hydrogen) atoms. The Morgan fingerprint density at radius 1 is 1.75 bits per heavy atom. The average Bonchev–Trinajstić information content (AvgIpc) is 2.54. The molecule has 0 saturated heterocycles. The second-order valence-electron chi connectivity index (χ2n) is 2.66. The van der Waals surface area contributed by atoms with E-state index in [9.17, 15) is 4.79 Å². The molecule has 0 unspecified atom stereocenters. The van der Waals surface area contributed by atoms with Gasteiger partial charge in [0.15, 0.2) is 0 Å².